The number of ether oxygens (including phenoxy) is 2. The molecule has 3 N–H and O–H groups in total. The Kier molecular flexibility index (Phi) is 8.34. The summed E-state index contributed by atoms with van der Waals surface area (Å²) in [6, 6.07) is 17.8. The molecule has 2 aromatic carbocycles. The minimum absolute atomic E-state index is 0.0538. The van der Waals surface area contributed by atoms with E-state index in [2.05, 4.69) is 10.4 Å². The summed E-state index contributed by atoms with van der Waals surface area (Å²) >= 11 is 0. The van der Waals surface area contributed by atoms with Gasteiger partial charge in [0.2, 0.25) is 5.91 Å². The second kappa shape index (κ2) is 12.0. The Labute approximate surface area is 219 Å². The molecule has 0 aliphatic heterocycles. The highest BCUT2D eigenvalue weighted by Crippen LogP contribution is 2.18. The molecule has 0 unspecified atom stereocenters. The average molecular weight is 516 g/mol. The van der Waals surface area contributed by atoms with Crippen molar-refractivity contribution in [2.45, 2.75) is 26.2 Å². The van der Waals surface area contributed by atoms with Crippen molar-refractivity contribution < 1.29 is 19.1 Å². The monoisotopic (exact) mass is 515 g/mol. The van der Waals surface area contributed by atoms with Crippen molar-refractivity contribution in [1.82, 2.24) is 19.7 Å². The highest BCUT2D eigenvalue weighted by Gasteiger charge is 2.18. The standard InChI is InChI=1S/C28H29N5O5/c1-37-18-25-24(28(36)30-14-21-13-22(38-2)10-11-23(21)27(29)35)17-33(31-25)16-20-8-6-19(7-9-20)15-32-12-4-3-5-26(32)34/h3-13,17H,14-16,18H2,1-2H3,(H2,29,35)(H,30,36). The second-order valence-electron chi connectivity index (χ2n) is 8.67. The number of hydrogen-bond acceptors (Lipinski definition) is 6. The zero-order valence-corrected chi connectivity index (χ0v) is 21.2. The topological polar surface area (TPSA) is 130 Å². The van der Waals surface area contributed by atoms with E-state index in [1.54, 1.807) is 45.9 Å². The molecular weight excluding hydrogens is 486 g/mol. The van der Waals surface area contributed by atoms with Crippen LogP contribution in [0.3, 0.4) is 0 Å². The normalized spacial score (nSPS) is 10.8. The van der Waals surface area contributed by atoms with Gasteiger partial charge >= 0.3 is 0 Å². The van der Waals surface area contributed by atoms with Gasteiger partial charge in [0.1, 0.15) is 11.4 Å². The third kappa shape index (κ3) is 6.34. The lowest BCUT2D eigenvalue weighted by Gasteiger charge is -2.10. The summed E-state index contributed by atoms with van der Waals surface area (Å²) in [4.78, 5) is 36.8. The SMILES string of the molecule is COCc1nn(Cc2ccc(Cn3ccccc3=O)cc2)cc1C(=O)NCc1cc(OC)ccc1C(N)=O. The number of nitrogens with zero attached hydrogens (tertiary/aromatic N) is 3. The van der Waals surface area contributed by atoms with Crippen LogP contribution in [0.1, 0.15) is 43.1 Å². The maximum absolute atomic E-state index is 13.1. The predicted octanol–water partition coefficient (Wildman–Crippen LogP) is 2.33. The van der Waals surface area contributed by atoms with Crippen molar-refractivity contribution in [3.8, 4) is 5.75 Å². The minimum Gasteiger partial charge on any atom is -0.497 e. The van der Waals surface area contributed by atoms with Crippen LogP contribution in [0.25, 0.3) is 0 Å². The van der Waals surface area contributed by atoms with Gasteiger partial charge in [-0.1, -0.05) is 30.3 Å². The molecule has 0 saturated carbocycles. The van der Waals surface area contributed by atoms with Crippen LogP contribution in [0.15, 0.2) is 77.9 Å². The van der Waals surface area contributed by atoms with Crippen molar-refractivity contribution in [2.75, 3.05) is 14.2 Å². The van der Waals surface area contributed by atoms with E-state index in [9.17, 15) is 14.4 Å². The molecule has 4 aromatic rings. The fourth-order valence-electron chi connectivity index (χ4n) is 4.05. The van der Waals surface area contributed by atoms with Gasteiger partial charge < -0.3 is 25.1 Å². The summed E-state index contributed by atoms with van der Waals surface area (Å²) in [7, 11) is 3.05. The molecule has 0 radical (unpaired) electrons. The van der Waals surface area contributed by atoms with Crippen LogP contribution in [-0.4, -0.2) is 40.4 Å². The molecule has 2 aromatic heterocycles. The molecule has 0 aliphatic rings. The van der Waals surface area contributed by atoms with Gasteiger partial charge in [-0.3, -0.25) is 19.1 Å². The number of benzene rings is 2. The van der Waals surface area contributed by atoms with E-state index in [1.807, 2.05) is 30.3 Å². The van der Waals surface area contributed by atoms with E-state index in [0.717, 1.165) is 11.1 Å². The molecule has 10 heteroatoms. The summed E-state index contributed by atoms with van der Waals surface area (Å²) < 4.78 is 13.8. The average Bonchev–Trinajstić information content (AvgIpc) is 3.31. The Morgan fingerprint density at radius 3 is 2.37 bits per heavy atom. The van der Waals surface area contributed by atoms with E-state index in [-0.39, 0.29) is 24.6 Å². The minimum atomic E-state index is -0.591. The summed E-state index contributed by atoms with van der Waals surface area (Å²) in [6.45, 7) is 1.16. The number of aromatic nitrogens is 3. The van der Waals surface area contributed by atoms with Crippen molar-refractivity contribution >= 4 is 11.8 Å². The largest absolute Gasteiger partial charge is 0.497 e. The smallest absolute Gasteiger partial charge is 0.255 e. The lowest BCUT2D eigenvalue weighted by molar-refractivity contribution is 0.0941. The van der Waals surface area contributed by atoms with E-state index >= 15 is 0 Å². The second-order valence-corrected chi connectivity index (χ2v) is 8.67. The van der Waals surface area contributed by atoms with Crippen LogP contribution in [0, 0.1) is 0 Å². The van der Waals surface area contributed by atoms with Gasteiger partial charge in [0, 0.05) is 37.7 Å². The van der Waals surface area contributed by atoms with Crippen LogP contribution in [0.4, 0.5) is 0 Å². The summed E-state index contributed by atoms with van der Waals surface area (Å²) in [5.74, 6) is -0.397. The Hall–Kier alpha value is -4.70. The highest BCUT2D eigenvalue weighted by molar-refractivity contribution is 5.96. The first kappa shape index (κ1) is 26.4. The van der Waals surface area contributed by atoms with Gasteiger partial charge in [0.25, 0.3) is 11.5 Å². The number of primary amides is 1. The first-order valence-corrected chi connectivity index (χ1v) is 11.9. The van der Waals surface area contributed by atoms with Crippen LogP contribution in [-0.2, 0) is 31.0 Å². The van der Waals surface area contributed by atoms with Crippen molar-refractivity contribution in [3.63, 3.8) is 0 Å². The van der Waals surface area contributed by atoms with Crippen molar-refractivity contribution in [3.05, 3.63) is 117 Å². The Balaban J connectivity index is 1.47. The van der Waals surface area contributed by atoms with Gasteiger partial charge in [0.15, 0.2) is 0 Å². The van der Waals surface area contributed by atoms with Gasteiger partial charge in [-0.25, -0.2) is 0 Å². The maximum atomic E-state index is 13.1. The lowest BCUT2D eigenvalue weighted by atomic mass is 10.1. The number of carbonyl (C=O) groups is 2. The Morgan fingerprint density at radius 2 is 1.71 bits per heavy atom. The number of pyridine rings is 1. The van der Waals surface area contributed by atoms with Crippen LogP contribution >= 0.6 is 0 Å². The molecule has 0 bridgehead atoms. The lowest BCUT2D eigenvalue weighted by Crippen LogP contribution is -2.25. The summed E-state index contributed by atoms with van der Waals surface area (Å²) in [6.07, 6.45) is 3.43. The fraction of sp³-hybridized carbons (Fsp3) is 0.214. The molecule has 2 amide bonds. The fourth-order valence-corrected chi connectivity index (χ4v) is 4.05. The number of amides is 2. The first-order chi connectivity index (χ1) is 18.4. The zero-order valence-electron chi connectivity index (χ0n) is 21.2. The van der Waals surface area contributed by atoms with E-state index in [1.165, 1.54) is 20.3 Å². The number of hydrogen-bond donors (Lipinski definition) is 2. The Bertz CT molecular complexity index is 1490. The van der Waals surface area contributed by atoms with Crippen LogP contribution in [0.2, 0.25) is 0 Å². The molecule has 0 atom stereocenters. The molecular formula is C28H29N5O5. The third-order valence-electron chi connectivity index (χ3n) is 6.00. The number of nitrogens with one attached hydrogen (secondary N) is 1. The molecule has 0 saturated heterocycles. The quantitative estimate of drug-likeness (QED) is 0.315. The van der Waals surface area contributed by atoms with Crippen molar-refractivity contribution in [1.29, 1.82) is 0 Å². The number of methoxy groups -OCH3 is 2. The number of nitrogens with two attached hydrogens (primary N) is 1. The van der Waals surface area contributed by atoms with E-state index in [4.69, 9.17) is 15.2 Å². The molecule has 4 rings (SSSR count). The molecule has 2 heterocycles. The van der Waals surface area contributed by atoms with E-state index < -0.39 is 5.91 Å². The first-order valence-electron chi connectivity index (χ1n) is 11.9. The molecule has 0 aliphatic carbocycles. The molecule has 196 valence electrons. The van der Waals surface area contributed by atoms with Crippen LogP contribution < -0.4 is 21.3 Å². The maximum Gasteiger partial charge on any atom is 0.255 e. The van der Waals surface area contributed by atoms with Crippen LogP contribution in [0.5, 0.6) is 5.75 Å². The third-order valence-corrected chi connectivity index (χ3v) is 6.00. The zero-order chi connectivity index (χ0) is 27.1. The van der Waals surface area contributed by atoms with E-state index in [0.29, 0.717) is 41.2 Å². The Morgan fingerprint density at radius 1 is 0.974 bits per heavy atom. The van der Waals surface area contributed by atoms with Gasteiger partial charge in [-0.2, -0.15) is 5.10 Å². The molecule has 0 fully saturated rings. The molecule has 0 spiro atoms. The highest BCUT2D eigenvalue weighted by atomic mass is 16.5. The van der Waals surface area contributed by atoms with Gasteiger partial charge in [-0.05, 0) is 41.0 Å². The van der Waals surface area contributed by atoms with Gasteiger partial charge in [-0.15, -0.1) is 0 Å². The predicted molar refractivity (Wildman–Crippen MR) is 141 cm³/mol. The summed E-state index contributed by atoms with van der Waals surface area (Å²) in [5, 5.41) is 7.37. The molecule has 10 nitrogen and oxygen atoms in total. The number of rotatable bonds is 11. The van der Waals surface area contributed by atoms with Crippen molar-refractivity contribution in [2.24, 2.45) is 5.73 Å². The molecule has 38 heavy (non-hydrogen) atoms. The van der Waals surface area contributed by atoms with Gasteiger partial charge in [0.05, 0.1) is 32.4 Å². The number of carbonyl (C=O) groups excluding carboxylic acids is 2. The summed E-state index contributed by atoms with van der Waals surface area (Å²) in [5.41, 5.74) is 9.12.